The minimum atomic E-state index is 0.518. The molecule has 2 aliphatic heterocycles. The van der Waals surface area contributed by atoms with Crippen molar-refractivity contribution in [3.05, 3.63) is 28.3 Å². The summed E-state index contributed by atoms with van der Waals surface area (Å²) in [7, 11) is 0. The van der Waals surface area contributed by atoms with Gasteiger partial charge in [-0.15, -0.1) is 0 Å². The van der Waals surface area contributed by atoms with E-state index in [9.17, 15) is 5.11 Å². The number of nitrogens with zero attached hydrogens (tertiary/aromatic N) is 2. The molecule has 3 rings (SSSR count). The fourth-order valence-corrected chi connectivity index (χ4v) is 3.75. The molecule has 0 amide bonds. The van der Waals surface area contributed by atoms with Crippen LogP contribution < -0.4 is 0 Å². The van der Waals surface area contributed by atoms with Crippen molar-refractivity contribution in [3.8, 4) is 5.75 Å². The van der Waals surface area contributed by atoms with E-state index < -0.39 is 0 Å². The van der Waals surface area contributed by atoms with Crippen LogP contribution in [0.2, 0.25) is 0 Å². The molecular weight excluding hydrogens is 260 g/mol. The van der Waals surface area contributed by atoms with Gasteiger partial charge in [0.05, 0.1) is 0 Å². The van der Waals surface area contributed by atoms with E-state index in [1.54, 1.807) is 0 Å². The van der Waals surface area contributed by atoms with Gasteiger partial charge < -0.3 is 5.11 Å². The predicted molar refractivity (Wildman–Crippen MR) is 86.6 cm³/mol. The van der Waals surface area contributed by atoms with E-state index in [0.717, 1.165) is 24.2 Å². The van der Waals surface area contributed by atoms with Crippen LogP contribution in [0.1, 0.15) is 47.9 Å². The van der Waals surface area contributed by atoms with Gasteiger partial charge >= 0.3 is 0 Å². The maximum Gasteiger partial charge on any atom is 0.123 e. The molecule has 0 bridgehead atoms. The average molecular weight is 288 g/mol. The lowest BCUT2D eigenvalue weighted by Gasteiger charge is -2.23. The fraction of sp³-hybridized carbons (Fsp3) is 0.667. The number of rotatable bonds is 4. The van der Waals surface area contributed by atoms with E-state index >= 15 is 0 Å². The second kappa shape index (κ2) is 6.37. The fourth-order valence-electron chi connectivity index (χ4n) is 3.75. The lowest BCUT2D eigenvalue weighted by Crippen LogP contribution is -2.22. The molecule has 0 atom stereocenters. The van der Waals surface area contributed by atoms with Gasteiger partial charge in [-0.2, -0.15) is 0 Å². The summed E-state index contributed by atoms with van der Waals surface area (Å²) in [5, 5.41) is 10.5. The molecule has 0 aliphatic carbocycles. The minimum Gasteiger partial charge on any atom is -0.507 e. The van der Waals surface area contributed by atoms with Crippen molar-refractivity contribution in [1.29, 1.82) is 0 Å². The number of hydrogen-bond acceptors (Lipinski definition) is 3. The lowest BCUT2D eigenvalue weighted by atomic mass is 9.97. The lowest BCUT2D eigenvalue weighted by molar-refractivity contribution is 0.318. The molecule has 3 heteroatoms. The Morgan fingerprint density at radius 1 is 0.905 bits per heavy atom. The molecule has 116 valence electrons. The number of phenols is 1. The van der Waals surface area contributed by atoms with Gasteiger partial charge in [0.2, 0.25) is 0 Å². The van der Waals surface area contributed by atoms with Crippen molar-refractivity contribution >= 4 is 0 Å². The minimum absolute atomic E-state index is 0.518. The van der Waals surface area contributed by atoms with Crippen LogP contribution >= 0.6 is 0 Å². The van der Waals surface area contributed by atoms with Crippen LogP contribution in [0.4, 0.5) is 0 Å². The van der Waals surface area contributed by atoms with Gasteiger partial charge in [0.25, 0.3) is 0 Å². The summed E-state index contributed by atoms with van der Waals surface area (Å²) in [6, 6.07) is 2.19. The number of benzene rings is 1. The maximum atomic E-state index is 10.5. The zero-order valence-corrected chi connectivity index (χ0v) is 13.5. The van der Waals surface area contributed by atoms with E-state index in [2.05, 4.69) is 22.8 Å². The topological polar surface area (TPSA) is 26.7 Å². The molecule has 1 aromatic rings. The normalized spacial score (nSPS) is 20.5. The molecule has 2 aliphatic rings. The SMILES string of the molecule is Cc1cc(CN2CCCC2)c(C)c(CN2CCCC2)c1O. The Hall–Kier alpha value is -1.06. The van der Waals surface area contributed by atoms with Crippen LogP contribution in [-0.2, 0) is 13.1 Å². The first-order valence-electron chi connectivity index (χ1n) is 8.41. The van der Waals surface area contributed by atoms with Crippen LogP contribution in [0.15, 0.2) is 6.07 Å². The monoisotopic (exact) mass is 288 g/mol. The Kier molecular flexibility index (Phi) is 4.51. The van der Waals surface area contributed by atoms with E-state index in [0.29, 0.717) is 5.75 Å². The summed E-state index contributed by atoms with van der Waals surface area (Å²) in [6.07, 6.45) is 5.26. The highest BCUT2D eigenvalue weighted by Crippen LogP contribution is 2.31. The van der Waals surface area contributed by atoms with Crippen molar-refractivity contribution in [3.63, 3.8) is 0 Å². The summed E-state index contributed by atoms with van der Waals surface area (Å²) in [5.74, 6) is 0.518. The van der Waals surface area contributed by atoms with Gasteiger partial charge in [-0.25, -0.2) is 0 Å². The van der Waals surface area contributed by atoms with Crippen LogP contribution in [0.3, 0.4) is 0 Å². The first kappa shape index (κ1) is 14.9. The number of aryl methyl sites for hydroxylation is 1. The van der Waals surface area contributed by atoms with E-state index in [4.69, 9.17) is 0 Å². The quantitative estimate of drug-likeness (QED) is 0.921. The molecular formula is C18H28N2O. The number of hydrogen-bond donors (Lipinski definition) is 1. The Balaban J connectivity index is 1.84. The first-order valence-corrected chi connectivity index (χ1v) is 8.41. The smallest absolute Gasteiger partial charge is 0.123 e. The molecule has 1 aromatic carbocycles. The molecule has 2 fully saturated rings. The van der Waals surface area contributed by atoms with E-state index in [1.165, 1.54) is 63.0 Å². The highest BCUT2D eigenvalue weighted by atomic mass is 16.3. The largest absolute Gasteiger partial charge is 0.507 e. The third kappa shape index (κ3) is 3.24. The van der Waals surface area contributed by atoms with Crippen LogP contribution in [0.25, 0.3) is 0 Å². The number of aromatic hydroxyl groups is 1. The summed E-state index contributed by atoms with van der Waals surface area (Å²) in [6.45, 7) is 11.0. The average Bonchev–Trinajstić information content (AvgIpc) is 3.14. The van der Waals surface area contributed by atoms with Gasteiger partial charge in [0, 0.05) is 18.7 Å². The van der Waals surface area contributed by atoms with Crippen molar-refractivity contribution in [1.82, 2.24) is 9.80 Å². The van der Waals surface area contributed by atoms with Crippen LogP contribution in [-0.4, -0.2) is 41.1 Å². The zero-order chi connectivity index (χ0) is 14.8. The van der Waals surface area contributed by atoms with Crippen molar-refractivity contribution in [2.24, 2.45) is 0 Å². The number of likely N-dealkylation sites (tertiary alicyclic amines) is 2. The maximum absolute atomic E-state index is 10.5. The Labute approximate surface area is 128 Å². The summed E-state index contributed by atoms with van der Waals surface area (Å²) < 4.78 is 0. The Bertz CT molecular complexity index is 500. The van der Waals surface area contributed by atoms with Gasteiger partial charge in [0.15, 0.2) is 0 Å². The van der Waals surface area contributed by atoms with Crippen LogP contribution in [0.5, 0.6) is 5.75 Å². The molecule has 2 heterocycles. The van der Waals surface area contributed by atoms with Crippen molar-refractivity contribution < 1.29 is 5.11 Å². The Morgan fingerprint density at radius 3 is 2.00 bits per heavy atom. The molecule has 3 nitrogen and oxygen atoms in total. The van der Waals surface area contributed by atoms with Crippen molar-refractivity contribution in [2.45, 2.75) is 52.6 Å². The summed E-state index contributed by atoms with van der Waals surface area (Å²) in [5.41, 5.74) is 4.90. The van der Waals surface area contributed by atoms with E-state index in [1.807, 2.05) is 6.92 Å². The highest BCUT2D eigenvalue weighted by Gasteiger charge is 2.20. The molecule has 0 saturated carbocycles. The third-order valence-electron chi connectivity index (χ3n) is 5.16. The molecule has 2 saturated heterocycles. The standard InChI is InChI=1S/C18H28N2O/c1-14-11-16(12-19-7-3-4-8-19)15(2)17(18(14)21)13-20-9-5-6-10-20/h11,21H,3-10,12-13H2,1-2H3. The van der Waals surface area contributed by atoms with Crippen LogP contribution in [0, 0.1) is 13.8 Å². The molecule has 0 radical (unpaired) electrons. The molecule has 0 aromatic heterocycles. The summed E-state index contributed by atoms with van der Waals surface area (Å²) >= 11 is 0. The predicted octanol–water partition coefficient (Wildman–Crippen LogP) is 3.20. The summed E-state index contributed by atoms with van der Waals surface area (Å²) in [4.78, 5) is 5.01. The second-order valence-corrected chi connectivity index (χ2v) is 6.77. The second-order valence-electron chi connectivity index (χ2n) is 6.77. The van der Waals surface area contributed by atoms with Gasteiger partial charge in [-0.05, 0) is 82.4 Å². The third-order valence-corrected chi connectivity index (χ3v) is 5.16. The van der Waals surface area contributed by atoms with Crippen molar-refractivity contribution in [2.75, 3.05) is 26.2 Å². The highest BCUT2D eigenvalue weighted by molar-refractivity contribution is 5.49. The van der Waals surface area contributed by atoms with Gasteiger partial charge in [0.1, 0.15) is 5.75 Å². The van der Waals surface area contributed by atoms with Gasteiger partial charge in [-0.3, -0.25) is 9.80 Å². The Morgan fingerprint density at radius 2 is 1.43 bits per heavy atom. The van der Waals surface area contributed by atoms with Gasteiger partial charge in [-0.1, -0.05) is 6.07 Å². The molecule has 1 N–H and O–H groups in total. The molecule has 0 unspecified atom stereocenters. The number of phenolic OH excluding ortho intramolecular Hbond substituents is 1. The molecule has 21 heavy (non-hydrogen) atoms. The first-order chi connectivity index (χ1) is 10.1. The molecule has 0 spiro atoms. The zero-order valence-electron chi connectivity index (χ0n) is 13.5. The van der Waals surface area contributed by atoms with E-state index in [-0.39, 0.29) is 0 Å².